The van der Waals surface area contributed by atoms with Gasteiger partial charge in [0.2, 0.25) is 0 Å². The fourth-order valence-electron chi connectivity index (χ4n) is 2.21. The molecule has 0 unspecified atom stereocenters. The highest BCUT2D eigenvalue weighted by Gasteiger charge is 2.33. The van der Waals surface area contributed by atoms with Crippen LogP contribution in [0.2, 0.25) is 0 Å². The second-order valence-corrected chi connectivity index (χ2v) is 7.83. The van der Waals surface area contributed by atoms with Crippen molar-refractivity contribution in [3.8, 4) is 5.75 Å². The number of halogens is 1. The molecule has 1 heterocycles. The van der Waals surface area contributed by atoms with Gasteiger partial charge in [0.15, 0.2) is 4.32 Å². The van der Waals surface area contributed by atoms with Crippen LogP contribution in [0.15, 0.2) is 57.9 Å². The summed E-state index contributed by atoms with van der Waals surface area (Å²) >= 11 is 9.68. The number of hydrogen-bond donors (Lipinski definition) is 1. The Bertz CT molecular complexity index is 913. The van der Waals surface area contributed by atoms with Crippen molar-refractivity contribution in [3.05, 3.63) is 69.0 Å². The molecule has 1 fully saturated rings. The third-order valence-corrected chi connectivity index (χ3v) is 5.34. The van der Waals surface area contributed by atoms with E-state index < -0.39 is 5.91 Å². The second-order valence-electron chi connectivity index (χ2n) is 5.24. The van der Waals surface area contributed by atoms with Crippen LogP contribution in [0, 0.1) is 0 Å². The first-order valence-corrected chi connectivity index (χ1v) is 9.48. The number of nitrogens with zero attached hydrogens (tertiary/aromatic N) is 1. The fourth-order valence-corrected chi connectivity index (χ4v) is 3.66. The Morgan fingerprint density at radius 2 is 2.00 bits per heavy atom. The van der Waals surface area contributed by atoms with E-state index in [1.807, 2.05) is 24.3 Å². The van der Waals surface area contributed by atoms with Gasteiger partial charge in [-0.1, -0.05) is 39.8 Å². The number of benzene rings is 2. The molecule has 1 saturated heterocycles. The molecule has 0 atom stereocenters. The topological polar surface area (TPSA) is 58.6 Å². The second kappa shape index (κ2) is 8.03. The first kappa shape index (κ1) is 18.6. The van der Waals surface area contributed by atoms with Crippen LogP contribution >= 0.6 is 39.9 Å². The molecule has 1 aliphatic rings. The molecule has 0 saturated carbocycles. The molecule has 2 aromatic carbocycles. The highest BCUT2D eigenvalue weighted by molar-refractivity contribution is 9.10. The molecule has 5 nitrogen and oxygen atoms in total. The summed E-state index contributed by atoms with van der Waals surface area (Å²) in [5, 5.41) is 1.09. The van der Waals surface area contributed by atoms with Gasteiger partial charge in [0.05, 0.1) is 12.0 Å². The largest absolute Gasteiger partial charge is 0.497 e. The molecule has 2 amide bonds. The van der Waals surface area contributed by atoms with Crippen LogP contribution in [0.4, 0.5) is 0 Å². The van der Waals surface area contributed by atoms with Crippen molar-refractivity contribution < 1.29 is 14.3 Å². The smallest absolute Gasteiger partial charge is 0.285 e. The van der Waals surface area contributed by atoms with Crippen LogP contribution in [0.25, 0.3) is 6.08 Å². The van der Waals surface area contributed by atoms with Crippen molar-refractivity contribution in [2.45, 2.75) is 0 Å². The number of rotatable bonds is 4. The predicted molar refractivity (Wildman–Crippen MR) is 110 cm³/mol. The molecule has 0 aromatic heterocycles. The van der Waals surface area contributed by atoms with Crippen LogP contribution in [-0.4, -0.2) is 28.3 Å². The molecule has 1 N–H and O–H groups in total. The maximum atomic E-state index is 12.6. The highest BCUT2D eigenvalue weighted by Crippen LogP contribution is 2.32. The summed E-state index contributed by atoms with van der Waals surface area (Å²) in [6, 6.07) is 14.1. The number of hydrazine groups is 1. The van der Waals surface area contributed by atoms with Crippen molar-refractivity contribution >= 4 is 62.1 Å². The van der Waals surface area contributed by atoms with Gasteiger partial charge >= 0.3 is 0 Å². The summed E-state index contributed by atoms with van der Waals surface area (Å²) in [5.74, 6) is -0.0810. The number of carbonyl (C=O) groups is 2. The van der Waals surface area contributed by atoms with Crippen LogP contribution < -0.4 is 10.2 Å². The summed E-state index contributed by atoms with van der Waals surface area (Å²) < 4.78 is 6.32. The average molecular weight is 449 g/mol. The predicted octanol–water partition coefficient (Wildman–Crippen LogP) is 4.00. The molecule has 0 radical (unpaired) electrons. The lowest BCUT2D eigenvalue weighted by atomic mass is 10.2. The zero-order valence-electron chi connectivity index (χ0n) is 13.6. The van der Waals surface area contributed by atoms with Gasteiger partial charge in [0.25, 0.3) is 11.8 Å². The number of amides is 2. The van der Waals surface area contributed by atoms with E-state index in [-0.39, 0.29) is 10.2 Å². The number of nitrogens with one attached hydrogen (secondary N) is 1. The highest BCUT2D eigenvalue weighted by atomic mass is 79.9. The monoisotopic (exact) mass is 448 g/mol. The van der Waals surface area contributed by atoms with E-state index in [4.69, 9.17) is 17.0 Å². The molecular formula is C18H13BrN2O3S2. The van der Waals surface area contributed by atoms with Crippen molar-refractivity contribution in [2.75, 3.05) is 7.11 Å². The third-order valence-electron chi connectivity index (χ3n) is 3.51. The molecule has 26 heavy (non-hydrogen) atoms. The number of hydrogen-bond acceptors (Lipinski definition) is 5. The summed E-state index contributed by atoms with van der Waals surface area (Å²) in [6.45, 7) is 0. The first-order chi connectivity index (χ1) is 12.5. The van der Waals surface area contributed by atoms with Crippen molar-refractivity contribution in [1.82, 2.24) is 10.4 Å². The minimum atomic E-state index is -0.406. The van der Waals surface area contributed by atoms with Crippen LogP contribution in [0.1, 0.15) is 15.9 Å². The number of methoxy groups -OCH3 is 1. The normalized spacial score (nSPS) is 15.5. The lowest BCUT2D eigenvalue weighted by Crippen LogP contribution is -2.44. The minimum Gasteiger partial charge on any atom is -0.497 e. The molecular weight excluding hydrogens is 436 g/mol. The van der Waals surface area contributed by atoms with Gasteiger partial charge in [-0.25, -0.2) is 0 Å². The summed E-state index contributed by atoms with van der Waals surface area (Å²) in [4.78, 5) is 25.3. The Hall–Kier alpha value is -2.16. The van der Waals surface area contributed by atoms with E-state index in [2.05, 4.69) is 21.4 Å². The first-order valence-electron chi connectivity index (χ1n) is 7.46. The SMILES string of the molecule is COc1cccc(/C=C2\SC(=S)N(NC(=O)c3ccc(Br)cc3)C2=O)c1. The summed E-state index contributed by atoms with van der Waals surface area (Å²) in [5.41, 5.74) is 3.79. The Kier molecular flexibility index (Phi) is 5.75. The van der Waals surface area contributed by atoms with Crippen LogP contribution in [-0.2, 0) is 4.79 Å². The molecule has 0 aliphatic carbocycles. The zero-order valence-corrected chi connectivity index (χ0v) is 16.8. The zero-order chi connectivity index (χ0) is 18.7. The maximum absolute atomic E-state index is 12.6. The molecule has 1 aliphatic heterocycles. The molecule has 0 bridgehead atoms. The Balaban J connectivity index is 1.77. The van der Waals surface area contributed by atoms with E-state index in [0.29, 0.717) is 16.2 Å². The van der Waals surface area contributed by atoms with Crippen molar-refractivity contribution in [1.29, 1.82) is 0 Å². The van der Waals surface area contributed by atoms with Gasteiger partial charge in [0.1, 0.15) is 5.75 Å². The third kappa shape index (κ3) is 4.14. The van der Waals surface area contributed by atoms with Gasteiger partial charge < -0.3 is 4.74 Å². The van der Waals surface area contributed by atoms with E-state index in [9.17, 15) is 9.59 Å². The fraction of sp³-hybridized carbons (Fsp3) is 0.0556. The number of carbonyl (C=O) groups excluding carboxylic acids is 2. The van der Waals surface area contributed by atoms with E-state index in [1.165, 1.54) is 0 Å². The van der Waals surface area contributed by atoms with Crippen molar-refractivity contribution in [3.63, 3.8) is 0 Å². The van der Waals surface area contributed by atoms with Gasteiger partial charge in [-0.15, -0.1) is 0 Å². The molecule has 8 heteroatoms. The maximum Gasteiger partial charge on any atom is 0.285 e. The van der Waals surface area contributed by atoms with Gasteiger partial charge in [-0.3, -0.25) is 15.0 Å². The average Bonchev–Trinajstić information content (AvgIpc) is 2.90. The van der Waals surface area contributed by atoms with Gasteiger partial charge in [-0.05, 0) is 60.3 Å². The van der Waals surface area contributed by atoms with Gasteiger partial charge in [-0.2, -0.15) is 5.01 Å². The molecule has 3 rings (SSSR count). The standard InChI is InChI=1S/C18H13BrN2O3S2/c1-24-14-4-2-3-11(9-14)10-15-17(23)21(18(25)26-15)20-16(22)12-5-7-13(19)8-6-12/h2-10H,1H3,(H,20,22)/b15-10-. The van der Waals surface area contributed by atoms with Gasteiger partial charge in [0, 0.05) is 10.0 Å². The lowest BCUT2D eigenvalue weighted by Gasteiger charge is -2.15. The summed E-state index contributed by atoms with van der Waals surface area (Å²) in [6.07, 6.45) is 1.72. The van der Waals surface area contributed by atoms with Crippen LogP contribution in [0.3, 0.4) is 0 Å². The summed E-state index contributed by atoms with van der Waals surface area (Å²) in [7, 11) is 1.58. The minimum absolute atomic E-state index is 0.273. The van der Waals surface area contributed by atoms with E-state index >= 15 is 0 Å². The number of thiocarbonyl (C=S) groups is 1. The number of thioether (sulfide) groups is 1. The number of ether oxygens (including phenoxy) is 1. The Labute approximate surface area is 168 Å². The van der Waals surface area contributed by atoms with Crippen LogP contribution in [0.5, 0.6) is 5.75 Å². The van der Waals surface area contributed by atoms with Crippen molar-refractivity contribution in [2.24, 2.45) is 0 Å². The lowest BCUT2D eigenvalue weighted by molar-refractivity contribution is -0.123. The molecule has 0 spiro atoms. The Morgan fingerprint density at radius 1 is 1.27 bits per heavy atom. The Morgan fingerprint density at radius 3 is 2.69 bits per heavy atom. The van der Waals surface area contributed by atoms with E-state index in [0.717, 1.165) is 26.8 Å². The van der Waals surface area contributed by atoms with E-state index in [1.54, 1.807) is 37.5 Å². The quantitative estimate of drug-likeness (QED) is 0.565. The molecule has 132 valence electrons. The molecule has 2 aromatic rings.